The van der Waals surface area contributed by atoms with Gasteiger partial charge in [-0.2, -0.15) is 0 Å². The number of Topliss-reactive ketones (excluding diaryl/α,β-unsaturated/α-hetero) is 1. The summed E-state index contributed by atoms with van der Waals surface area (Å²) in [5.74, 6) is 1.52. The first-order chi connectivity index (χ1) is 13.9. The number of aromatic nitrogens is 1. The van der Waals surface area contributed by atoms with Crippen molar-refractivity contribution in [2.45, 2.75) is 37.6 Å². The Morgan fingerprint density at radius 1 is 1.24 bits per heavy atom. The van der Waals surface area contributed by atoms with E-state index in [2.05, 4.69) is 21.1 Å². The van der Waals surface area contributed by atoms with Gasteiger partial charge in [-0.15, -0.1) is 0 Å². The second kappa shape index (κ2) is 8.13. The second-order valence-electron chi connectivity index (χ2n) is 7.27. The molecular weight excluding hydrogens is 477 g/mol. The topological polar surface area (TPSA) is 52.3 Å². The number of benzene rings is 2. The first-order valence-corrected chi connectivity index (χ1v) is 10.9. The van der Waals surface area contributed by atoms with E-state index in [0.29, 0.717) is 44.8 Å². The van der Waals surface area contributed by atoms with Crippen LogP contribution in [-0.2, 0) is 13.0 Å². The van der Waals surface area contributed by atoms with Crippen LogP contribution in [0, 0.1) is 0 Å². The molecule has 3 aromatic rings. The van der Waals surface area contributed by atoms with Gasteiger partial charge in [0.1, 0.15) is 23.8 Å². The van der Waals surface area contributed by atoms with Crippen molar-refractivity contribution in [3.8, 4) is 17.0 Å². The fraction of sp³-hybridized carbons (Fsp3) is 0.273. The third-order valence-electron chi connectivity index (χ3n) is 4.96. The van der Waals surface area contributed by atoms with Gasteiger partial charge in [0.15, 0.2) is 5.78 Å². The van der Waals surface area contributed by atoms with E-state index in [1.807, 2.05) is 26.0 Å². The lowest BCUT2D eigenvalue weighted by molar-refractivity contribution is 0.100. The van der Waals surface area contributed by atoms with Crippen LogP contribution >= 0.6 is 39.1 Å². The van der Waals surface area contributed by atoms with Gasteiger partial charge in [0.2, 0.25) is 0 Å². The van der Waals surface area contributed by atoms with Crippen molar-refractivity contribution in [3.05, 3.63) is 68.9 Å². The zero-order chi connectivity index (χ0) is 20.7. The molecule has 29 heavy (non-hydrogen) atoms. The zero-order valence-electron chi connectivity index (χ0n) is 15.8. The zero-order valence-corrected chi connectivity index (χ0v) is 18.9. The SMILES string of the molecule is CC(C)c1onc(-c2c(Cl)cccc2Cl)c1COc1ccc2c(c1)C(=O)C(Br)C2. The van der Waals surface area contributed by atoms with E-state index in [-0.39, 0.29) is 23.1 Å². The molecule has 0 saturated heterocycles. The van der Waals surface area contributed by atoms with Crippen LogP contribution in [0.3, 0.4) is 0 Å². The normalized spacial score (nSPS) is 15.8. The van der Waals surface area contributed by atoms with Crippen molar-refractivity contribution in [3.63, 3.8) is 0 Å². The molecule has 0 aliphatic heterocycles. The van der Waals surface area contributed by atoms with Crippen LogP contribution in [0.2, 0.25) is 10.0 Å². The fourth-order valence-electron chi connectivity index (χ4n) is 3.50. The summed E-state index contributed by atoms with van der Waals surface area (Å²) in [6.45, 7) is 4.26. The molecule has 0 amide bonds. The molecule has 1 atom stereocenters. The van der Waals surface area contributed by atoms with Gasteiger partial charge in [-0.1, -0.05) is 70.3 Å². The minimum atomic E-state index is -0.160. The van der Waals surface area contributed by atoms with Gasteiger partial charge in [0.25, 0.3) is 0 Å². The van der Waals surface area contributed by atoms with E-state index in [1.54, 1.807) is 24.3 Å². The number of hydrogen-bond donors (Lipinski definition) is 0. The predicted octanol–water partition coefficient (Wildman–Crippen LogP) is 6.85. The molecule has 1 unspecified atom stereocenters. The summed E-state index contributed by atoms with van der Waals surface area (Å²) in [4.78, 5) is 12.1. The summed E-state index contributed by atoms with van der Waals surface area (Å²) in [5.41, 5.74) is 3.72. The van der Waals surface area contributed by atoms with Crippen molar-refractivity contribution in [2.24, 2.45) is 0 Å². The molecular formula is C22H18BrCl2NO3. The Kier molecular flexibility index (Phi) is 5.74. The molecule has 0 saturated carbocycles. The maximum atomic E-state index is 12.3. The lowest BCUT2D eigenvalue weighted by Gasteiger charge is -2.11. The molecule has 4 nitrogen and oxygen atoms in total. The van der Waals surface area contributed by atoms with Crippen LogP contribution in [0.25, 0.3) is 11.3 Å². The highest BCUT2D eigenvalue weighted by atomic mass is 79.9. The van der Waals surface area contributed by atoms with Crippen molar-refractivity contribution in [1.82, 2.24) is 5.16 Å². The van der Waals surface area contributed by atoms with Crippen LogP contribution in [0.4, 0.5) is 0 Å². The van der Waals surface area contributed by atoms with Crippen molar-refractivity contribution >= 4 is 44.9 Å². The molecule has 0 bridgehead atoms. The first-order valence-electron chi connectivity index (χ1n) is 9.23. The molecule has 1 aliphatic rings. The van der Waals surface area contributed by atoms with Gasteiger partial charge < -0.3 is 9.26 Å². The molecule has 2 aromatic carbocycles. The highest BCUT2D eigenvalue weighted by molar-refractivity contribution is 9.10. The Morgan fingerprint density at radius 3 is 2.66 bits per heavy atom. The van der Waals surface area contributed by atoms with Gasteiger partial charge in [0, 0.05) is 17.0 Å². The maximum absolute atomic E-state index is 12.3. The molecule has 4 rings (SSSR count). The van der Waals surface area contributed by atoms with Crippen molar-refractivity contribution in [1.29, 1.82) is 0 Å². The molecule has 0 fully saturated rings. The van der Waals surface area contributed by atoms with E-state index in [4.69, 9.17) is 32.5 Å². The third kappa shape index (κ3) is 3.83. The quantitative estimate of drug-likeness (QED) is 0.364. The van der Waals surface area contributed by atoms with Gasteiger partial charge in [0.05, 0.1) is 20.4 Å². The summed E-state index contributed by atoms with van der Waals surface area (Å²) in [6, 6.07) is 10.9. The molecule has 1 aliphatic carbocycles. The third-order valence-corrected chi connectivity index (χ3v) is 6.33. The van der Waals surface area contributed by atoms with Gasteiger partial charge in [-0.3, -0.25) is 4.79 Å². The average molecular weight is 495 g/mol. The summed E-state index contributed by atoms with van der Waals surface area (Å²) in [5, 5.41) is 5.23. The Balaban J connectivity index is 1.68. The molecule has 0 radical (unpaired) electrons. The average Bonchev–Trinajstić information content (AvgIpc) is 3.21. The molecule has 1 aromatic heterocycles. The van der Waals surface area contributed by atoms with Crippen LogP contribution in [0.15, 0.2) is 40.9 Å². The van der Waals surface area contributed by atoms with E-state index in [0.717, 1.165) is 11.1 Å². The van der Waals surface area contributed by atoms with Gasteiger partial charge in [-0.25, -0.2) is 0 Å². The summed E-state index contributed by atoms with van der Waals surface area (Å²) < 4.78 is 11.6. The Labute approximate surface area is 187 Å². The van der Waals surface area contributed by atoms with Crippen LogP contribution < -0.4 is 4.74 Å². The van der Waals surface area contributed by atoms with E-state index in [1.165, 1.54) is 0 Å². The Hall–Kier alpha value is -1.82. The van der Waals surface area contributed by atoms with Gasteiger partial charge in [-0.05, 0) is 36.2 Å². The van der Waals surface area contributed by atoms with E-state index in [9.17, 15) is 4.79 Å². The van der Waals surface area contributed by atoms with Crippen LogP contribution in [-0.4, -0.2) is 15.8 Å². The molecule has 0 spiro atoms. The highest BCUT2D eigenvalue weighted by Gasteiger charge is 2.29. The maximum Gasteiger partial charge on any atom is 0.177 e. The summed E-state index contributed by atoms with van der Waals surface area (Å²) >= 11 is 16.2. The fourth-order valence-corrected chi connectivity index (χ4v) is 4.67. The largest absolute Gasteiger partial charge is 0.489 e. The number of carbonyl (C=O) groups is 1. The summed E-state index contributed by atoms with van der Waals surface area (Å²) in [6.07, 6.45) is 0.701. The number of alkyl halides is 1. The lowest BCUT2D eigenvalue weighted by atomic mass is 10.0. The second-order valence-corrected chi connectivity index (χ2v) is 9.19. The number of rotatable bonds is 5. The standard InChI is InChI=1S/C22H18BrCl2NO3/c1-11(2)22-15(20(26-29-22)19-17(24)4-3-5-18(19)25)10-28-13-7-6-12-8-16(23)21(27)14(12)9-13/h3-7,9,11,16H,8,10H2,1-2H3. The molecule has 7 heteroatoms. The minimum absolute atomic E-state index is 0.0850. The smallest absolute Gasteiger partial charge is 0.177 e. The predicted molar refractivity (Wildman–Crippen MR) is 118 cm³/mol. The number of nitrogens with zero attached hydrogens (tertiary/aromatic N) is 1. The number of halogens is 3. The molecule has 0 N–H and O–H groups in total. The molecule has 1 heterocycles. The molecule has 150 valence electrons. The minimum Gasteiger partial charge on any atom is -0.489 e. The lowest BCUT2D eigenvalue weighted by Crippen LogP contribution is -2.06. The van der Waals surface area contributed by atoms with Crippen LogP contribution in [0.5, 0.6) is 5.75 Å². The number of ether oxygens (including phenoxy) is 1. The Bertz CT molecular complexity index is 1070. The number of carbonyl (C=O) groups excluding carboxylic acids is 1. The van der Waals surface area contributed by atoms with E-state index < -0.39 is 0 Å². The highest BCUT2D eigenvalue weighted by Crippen LogP contribution is 2.39. The van der Waals surface area contributed by atoms with Gasteiger partial charge >= 0.3 is 0 Å². The van der Waals surface area contributed by atoms with E-state index >= 15 is 0 Å². The number of fused-ring (bicyclic) bond motifs is 1. The first kappa shape index (κ1) is 20.5. The van der Waals surface area contributed by atoms with Crippen molar-refractivity contribution < 1.29 is 14.1 Å². The number of ketones is 1. The Morgan fingerprint density at radius 2 is 1.97 bits per heavy atom. The summed E-state index contributed by atoms with van der Waals surface area (Å²) in [7, 11) is 0. The van der Waals surface area contributed by atoms with Crippen LogP contribution in [0.1, 0.15) is 47.0 Å². The monoisotopic (exact) mass is 493 g/mol. The number of hydrogen-bond acceptors (Lipinski definition) is 4. The van der Waals surface area contributed by atoms with Crippen molar-refractivity contribution in [2.75, 3.05) is 0 Å².